The Hall–Kier alpha value is -4.22. The van der Waals surface area contributed by atoms with Gasteiger partial charge in [0.2, 0.25) is 11.8 Å². The first-order valence-corrected chi connectivity index (χ1v) is 13.4. The van der Waals surface area contributed by atoms with Crippen LogP contribution in [-0.4, -0.2) is 58.3 Å². The molecule has 0 heterocycles. The van der Waals surface area contributed by atoms with Crippen molar-refractivity contribution < 1.29 is 33.8 Å². The maximum atomic E-state index is 14.0. The van der Waals surface area contributed by atoms with E-state index in [1.807, 2.05) is 60.7 Å². The van der Waals surface area contributed by atoms with Crippen LogP contribution in [0.3, 0.4) is 0 Å². The van der Waals surface area contributed by atoms with Crippen molar-refractivity contribution in [3.05, 3.63) is 107 Å². The number of halogens is 1. The van der Waals surface area contributed by atoms with E-state index in [2.05, 4.69) is 10.6 Å². The fourth-order valence-electron chi connectivity index (χ4n) is 4.13. The molecule has 6 N–H and O–H groups in total. The maximum absolute atomic E-state index is 14.0. The van der Waals surface area contributed by atoms with Crippen LogP contribution in [0.25, 0.3) is 0 Å². The number of nitrogens with two attached hydrogens (primary N) is 1. The van der Waals surface area contributed by atoms with E-state index >= 15 is 0 Å². The summed E-state index contributed by atoms with van der Waals surface area (Å²) in [6, 6.07) is 22.4. The third-order valence-electron chi connectivity index (χ3n) is 6.14. The molecule has 40 heavy (non-hydrogen) atoms. The van der Waals surface area contributed by atoms with Gasteiger partial charge in [-0.05, 0) is 35.2 Å². The van der Waals surface area contributed by atoms with Gasteiger partial charge in [-0.1, -0.05) is 72.8 Å². The zero-order valence-electron chi connectivity index (χ0n) is 21.5. The number of rotatable bonds is 14. The summed E-state index contributed by atoms with van der Waals surface area (Å²) < 4.78 is 13.0. The Kier molecular flexibility index (Phi) is 10.8. The minimum absolute atomic E-state index is 0.0106. The largest absolute Gasteiger partial charge is 0.480 e. The highest BCUT2D eigenvalue weighted by Gasteiger charge is 2.38. The molecular formula is C29H30FN3O6S. The molecule has 3 rings (SSSR count). The third-order valence-corrected chi connectivity index (χ3v) is 7.78. The van der Waals surface area contributed by atoms with Crippen molar-refractivity contribution in [3.8, 4) is 0 Å². The van der Waals surface area contributed by atoms with Crippen molar-refractivity contribution in [2.75, 3.05) is 12.3 Å². The fraction of sp³-hybridized carbons (Fsp3) is 0.241. The number of carbonyl (C=O) groups excluding carboxylic acids is 2. The molecule has 2 atom stereocenters. The second-order valence-corrected chi connectivity index (χ2v) is 10.2. The van der Waals surface area contributed by atoms with Gasteiger partial charge in [0.05, 0.1) is 4.75 Å². The fourth-order valence-corrected chi connectivity index (χ4v) is 5.69. The van der Waals surface area contributed by atoms with Crippen LogP contribution in [0.5, 0.6) is 0 Å². The van der Waals surface area contributed by atoms with E-state index in [1.165, 1.54) is 23.9 Å². The molecule has 3 aromatic carbocycles. The van der Waals surface area contributed by atoms with Crippen molar-refractivity contribution >= 4 is 35.5 Å². The van der Waals surface area contributed by atoms with Gasteiger partial charge in [-0.15, -0.1) is 11.8 Å². The minimum Gasteiger partial charge on any atom is -0.480 e. The Bertz CT molecular complexity index is 1270. The first-order valence-electron chi connectivity index (χ1n) is 12.4. The molecule has 0 aliphatic rings. The lowest BCUT2D eigenvalue weighted by molar-refractivity contribution is -0.139. The lowest BCUT2D eigenvalue weighted by atomic mass is 9.84. The normalized spacial score (nSPS) is 12.7. The van der Waals surface area contributed by atoms with E-state index in [-0.39, 0.29) is 18.6 Å². The molecule has 0 saturated heterocycles. The molecule has 0 spiro atoms. The molecule has 0 radical (unpaired) electrons. The summed E-state index contributed by atoms with van der Waals surface area (Å²) in [5.74, 6) is -4.27. The minimum atomic E-state index is -1.26. The molecule has 3 aromatic rings. The van der Waals surface area contributed by atoms with Gasteiger partial charge >= 0.3 is 11.9 Å². The second kappa shape index (κ2) is 14.2. The van der Waals surface area contributed by atoms with E-state index in [0.29, 0.717) is 0 Å². The second-order valence-electron chi connectivity index (χ2n) is 8.95. The molecule has 0 aliphatic carbocycles. The van der Waals surface area contributed by atoms with Gasteiger partial charge in [-0.25, -0.2) is 4.39 Å². The smallest absolute Gasteiger partial charge is 0.322 e. The molecule has 0 saturated carbocycles. The predicted octanol–water partition coefficient (Wildman–Crippen LogP) is 2.73. The number of amides is 2. The van der Waals surface area contributed by atoms with E-state index in [0.717, 1.165) is 16.7 Å². The standard InChI is InChI=1S/C29H30FN3O6S/c30-22-13-11-21(12-14-22)29(19-7-3-1-4-8-19,20-9-5-2-6-10-20)40-18-24(27(37)32-17-26(35)36)33-25(34)16-15-23(31)28(38)39/h1-14,23-24H,15-18,31H2,(H,32,37)(H,33,34)(H,35,36)(H,38,39)/t23-,24-/m0/s1. The average Bonchev–Trinajstić information content (AvgIpc) is 2.96. The van der Waals surface area contributed by atoms with E-state index < -0.39 is 52.9 Å². The molecule has 0 aliphatic heterocycles. The number of carbonyl (C=O) groups is 4. The molecule has 0 bridgehead atoms. The molecule has 11 heteroatoms. The van der Waals surface area contributed by atoms with E-state index in [9.17, 15) is 23.6 Å². The maximum Gasteiger partial charge on any atom is 0.322 e. The number of benzene rings is 3. The van der Waals surface area contributed by atoms with Crippen LogP contribution in [-0.2, 0) is 23.9 Å². The highest BCUT2D eigenvalue weighted by molar-refractivity contribution is 8.00. The van der Waals surface area contributed by atoms with Crippen molar-refractivity contribution in [1.82, 2.24) is 10.6 Å². The molecule has 210 valence electrons. The summed E-state index contributed by atoms with van der Waals surface area (Å²) in [5.41, 5.74) is 7.89. The Morgan fingerprint density at radius 2 is 1.38 bits per heavy atom. The first kappa shape index (κ1) is 30.3. The van der Waals surface area contributed by atoms with Crippen LogP contribution < -0.4 is 16.4 Å². The lowest BCUT2D eigenvalue weighted by Gasteiger charge is -2.36. The van der Waals surface area contributed by atoms with Gasteiger partial charge in [0.15, 0.2) is 0 Å². The van der Waals surface area contributed by atoms with Gasteiger partial charge in [-0.2, -0.15) is 0 Å². The summed E-state index contributed by atoms with van der Waals surface area (Å²) in [6.07, 6.45) is -0.396. The van der Waals surface area contributed by atoms with E-state index in [1.54, 1.807) is 12.1 Å². The van der Waals surface area contributed by atoms with Crippen LogP contribution in [0.4, 0.5) is 4.39 Å². The van der Waals surface area contributed by atoms with Crippen LogP contribution in [0, 0.1) is 5.82 Å². The summed E-state index contributed by atoms with van der Waals surface area (Å²) >= 11 is 1.31. The molecule has 9 nitrogen and oxygen atoms in total. The van der Waals surface area contributed by atoms with Crippen molar-refractivity contribution in [1.29, 1.82) is 0 Å². The number of thioether (sulfide) groups is 1. The summed E-state index contributed by atoms with van der Waals surface area (Å²) in [5, 5.41) is 22.9. The van der Waals surface area contributed by atoms with Crippen LogP contribution >= 0.6 is 11.8 Å². The third kappa shape index (κ3) is 7.90. The molecule has 0 unspecified atom stereocenters. The van der Waals surface area contributed by atoms with Crippen molar-refractivity contribution in [3.63, 3.8) is 0 Å². The van der Waals surface area contributed by atoms with Gasteiger partial charge in [0.25, 0.3) is 0 Å². The molecule has 0 fully saturated rings. The van der Waals surface area contributed by atoms with Crippen LogP contribution in [0.15, 0.2) is 84.9 Å². The Morgan fingerprint density at radius 1 is 0.850 bits per heavy atom. The molecule has 2 amide bonds. The number of hydrogen-bond donors (Lipinski definition) is 5. The van der Waals surface area contributed by atoms with Gasteiger partial charge < -0.3 is 26.6 Å². The highest BCUT2D eigenvalue weighted by Crippen LogP contribution is 2.48. The summed E-state index contributed by atoms with van der Waals surface area (Å²) in [7, 11) is 0. The van der Waals surface area contributed by atoms with Gasteiger partial charge in [0.1, 0.15) is 24.4 Å². The monoisotopic (exact) mass is 567 g/mol. The topological polar surface area (TPSA) is 159 Å². The van der Waals surface area contributed by atoms with Gasteiger partial charge in [0, 0.05) is 12.2 Å². The quantitative estimate of drug-likeness (QED) is 0.186. The lowest BCUT2D eigenvalue weighted by Crippen LogP contribution is -2.50. The van der Waals surface area contributed by atoms with Gasteiger partial charge in [-0.3, -0.25) is 19.2 Å². The number of aliphatic carboxylic acids is 2. The average molecular weight is 568 g/mol. The van der Waals surface area contributed by atoms with E-state index in [4.69, 9.17) is 15.9 Å². The Balaban J connectivity index is 2.00. The zero-order valence-corrected chi connectivity index (χ0v) is 22.3. The predicted molar refractivity (Wildman–Crippen MR) is 149 cm³/mol. The summed E-state index contributed by atoms with van der Waals surface area (Å²) in [6.45, 7) is -0.653. The highest BCUT2D eigenvalue weighted by atomic mass is 32.2. The Morgan fingerprint density at radius 3 is 1.88 bits per heavy atom. The number of carboxylic acids is 2. The first-order chi connectivity index (χ1) is 19.1. The van der Waals surface area contributed by atoms with Crippen molar-refractivity contribution in [2.45, 2.75) is 29.7 Å². The molecular weight excluding hydrogens is 537 g/mol. The van der Waals surface area contributed by atoms with Crippen LogP contribution in [0.1, 0.15) is 29.5 Å². The van der Waals surface area contributed by atoms with Crippen LogP contribution in [0.2, 0.25) is 0 Å². The number of hydrogen-bond acceptors (Lipinski definition) is 6. The zero-order chi connectivity index (χ0) is 29.1. The Labute approximate surface area is 235 Å². The van der Waals surface area contributed by atoms with Crippen molar-refractivity contribution in [2.24, 2.45) is 5.73 Å². The number of carboxylic acid groups (broad SMARTS) is 2. The molecule has 0 aromatic heterocycles. The summed E-state index contributed by atoms with van der Waals surface area (Å²) in [4.78, 5) is 47.8. The SMILES string of the molecule is N[C@@H](CCC(=O)N[C@@H](CSC(c1ccccc1)(c1ccccc1)c1ccc(F)cc1)C(=O)NCC(=O)O)C(=O)O. The number of nitrogens with one attached hydrogen (secondary N) is 2.